The van der Waals surface area contributed by atoms with Crippen LogP contribution in [0.25, 0.3) is 0 Å². The zero-order valence-corrected chi connectivity index (χ0v) is 13.6. The maximum absolute atomic E-state index is 11.0. The molecule has 0 amide bonds. The number of hydrogen-bond acceptors (Lipinski definition) is 5. The summed E-state index contributed by atoms with van der Waals surface area (Å²) in [5.74, 6) is -1.25. The summed E-state index contributed by atoms with van der Waals surface area (Å²) < 4.78 is 0. The van der Waals surface area contributed by atoms with E-state index in [1.165, 1.54) is 23.9 Å². The van der Waals surface area contributed by atoms with Crippen molar-refractivity contribution in [3.8, 4) is 6.07 Å². The lowest BCUT2D eigenvalue weighted by molar-refractivity contribution is -0.385. The Labute approximate surface area is 142 Å². The molecule has 0 aliphatic heterocycles. The first-order valence-electron chi connectivity index (χ1n) is 7.07. The van der Waals surface area contributed by atoms with Gasteiger partial charge in [0.05, 0.1) is 23.3 Å². The number of hydrogen-bond donors (Lipinski definition) is 1. The molecule has 0 heterocycles. The van der Waals surface area contributed by atoms with Crippen LogP contribution in [0, 0.1) is 21.4 Å². The quantitative estimate of drug-likeness (QED) is 0.628. The second-order valence-electron chi connectivity index (χ2n) is 5.14. The summed E-state index contributed by atoms with van der Waals surface area (Å²) in [7, 11) is 0. The van der Waals surface area contributed by atoms with E-state index in [0.29, 0.717) is 10.5 Å². The van der Waals surface area contributed by atoms with Crippen molar-refractivity contribution in [3.05, 3.63) is 63.7 Å². The highest BCUT2D eigenvalue weighted by Crippen LogP contribution is 2.33. The van der Waals surface area contributed by atoms with Crippen LogP contribution in [0.1, 0.15) is 24.0 Å². The van der Waals surface area contributed by atoms with E-state index in [1.807, 2.05) is 31.2 Å². The second-order valence-corrected chi connectivity index (χ2v) is 6.26. The number of rotatable bonds is 6. The number of carbonyl (C=O) groups is 1. The second kappa shape index (κ2) is 7.62. The average molecular weight is 342 g/mol. The highest BCUT2D eigenvalue weighted by molar-refractivity contribution is 7.99. The predicted octanol–water partition coefficient (Wildman–Crippen LogP) is 4.00. The summed E-state index contributed by atoms with van der Waals surface area (Å²) in [4.78, 5) is 22.8. The van der Waals surface area contributed by atoms with Crippen molar-refractivity contribution >= 4 is 23.4 Å². The number of carboxylic acids is 1. The summed E-state index contributed by atoms with van der Waals surface area (Å²) in [6.07, 6.45) is -0.284. The molecule has 2 aromatic carbocycles. The van der Waals surface area contributed by atoms with Gasteiger partial charge < -0.3 is 5.11 Å². The first kappa shape index (κ1) is 17.5. The van der Waals surface area contributed by atoms with Crippen molar-refractivity contribution < 1.29 is 14.8 Å². The highest BCUT2D eigenvalue weighted by atomic mass is 32.2. The Kier molecular flexibility index (Phi) is 5.55. The maximum Gasteiger partial charge on any atom is 0.307 e. The maximum atomic E-state index is 11.0. The van der Waals surface area contributed by atoms with Gasteiger partial charge in [0.25, 0.3) is 5.69 Å². The lowest BCUT2D eigenvalue weighted by Crippen LogP contribution is -2.02. The molecule has 0 bridgehead atoms. The van der Waals surface area contributed by atoms with E-state index < -0.39 is 10.9 Å². The van der Waals surface area contributed by atoms with Crippen LogP contribution in [-0.2, 0) is 11.2 Å². The number of benzene rings is 2. The van der Waals surface area contributed by atoms with Crippen molar-refractivity contribution in [2.75, 3.05) is 0 Å². The fourth-order valence-electron chi connectivity index (χ4n) is 2.11. The van der Waals surface area contributed by atoms with Crippen LogP contribution in [0.2, 0.25) is 0 Å². The Morgan fingerprint density at radius 3 is 2.54 bits per heavy atom. The Hall–Kier alpha value is -2.85. The van der Waals surface area contributed by atoms with Gasteiger partial charge in [-0.05, 0) is 36.2 Å². The molecule has 0 aliphatic rings. The number of nitrogens with zero attached hydrogens (tertiary/aromatic N) is 2. The molecule has 0 radical (unpaired) electrons. The minimum atomic E-state index is -1.05. The Bertz CT molecular complexity index is 812. The molecule has 1 unspecified atom stereocenters. The van der Waals surface area contributed by atoms with Gasteiger partial charge >= 0.3 is 5.97 Å². The van der Waals surface area contributed by atoms with Crippen LogP contribution in [0.5, 0.6) is 0 Å². The van der Waals surface area contributed by atoms with Gasteiger partial charge in [-0.3, -0.25) is 14.9 Å². The normalized spacial score (nSPS) is 11.5. The van der Waals surface area contributed by atoms with Crippen LogP contribution in [0.15, 0.2) is 52.3 Å². The van der Waals surface area contributed by atoms with Crippen molar-refractivity contribution in [2.24, 2.45) is 0 Å². The van der Waals surface area contributed by atoms with Crippen molar-refractivity contribution in [1.29, 1.82) is 5.26 Å². The van der Waals surface area contributed by atoms with Gasteiger partial charge in [-0.1, -0.05) is 23.9 Å². The zero-order chi connectivity index (χ0) is 17.7. The van der Waals surface area contributed by atoms with Crippen LogP contribution >= 0.6 is 11.8 Å². The molecular formula is C17H14N2O4S. The molecule has 24 heavy (non-hydrogen) atoms. The summed E-state index contributed by atoms with van der Waals surface area (Å²) >= 11 is 1.34. The molecule has 0 saturated carbocycles. The van der Waals surface area contributed by atoms with Gasteiger partial charge in [-0.25, -0.2) is 0 Å². The van der Waals surface area contributed by atoms with E-state index in [2.05, 4.69) is 6.07 Å². The van der Waals surface area contributed by atoms with Crippen molar-refractivity contribution in [1.82, 2.24) is 0 Å². The third-order valence-electron chi connectivity index (χ3n) is 3.40. The summed E-state index contributed by atoms with van der Waals surface area (Å²) in [6.45, 7) is 1.81. The summed E-state index contributed by atoms with van der Waals surface area (Å²) in [6, 6.07) is 13.8. The number of aliphatic carboxylic acids is 1. The fraction of sp³-hybridized carbons (Fsp3) is 0.176. The minimum absolute atomic E-state index is 0.131. The van der Waals surface area contributed by atoms with E-state index in [0.717, 1.165) is 10.5 Å². The topological polar surface area (TPSA) is 104 Å². The third kappa shape index (κ3) is 4.33. The monoisotopic (exact) mass is 342 g/mol. The van der Waals surface area contributed by atoms with Gasteiger partial charge in [0.15, 0.2) is 0 Å². The van der Waals surface area contributed by atoms with Crippen LogP contribution in [0.4, 0.5) is 5.69 Å². The fourth-order valence-corrected chi connectivity index (χ4v) is 3.03. The standard InChI is InChI=1S/C17H14N2O4S/c1-11(10-18)12-2-5-15(6-3-12)24-16-7-4-14(19(22)23)8-13(16)9-17(20)21/h2-8,11H,9H2,1H3,(H,20,21). The van der Waals surface area contributed by atoms with Crippen LogP contribution in [-0.4, -0.2) is 16.0 Å². The van der Waals surface area contributed by atoms with Gasteiger partial charge in [0.2, 0.25) is 0 Å². The molecule has 2 rings (SSSR count). The molecule has 1 N–H and O–H groups in total. The first-order chi connectivity index (χ1) is 11.4. The molecule has 7 heteroatoms. The third-order valence-corrected chi connectivity index (χ3v) is 4.52. The lowest BCUT2D eigenvalue weighted by Gasteiger charge is -2.09. The SMILES string of the molecule is CC(C#N)c1ccc(Sc2ccc([N+](=O)[O-])cc2CC(=O)O)cc1. The summed E-state index contributed by atoms with van der Waals surface area (Å²) in [5.41, 5.74) is 1.17. The molecule has 1 atom stereocenters. The lowest BCUT2D eigenvalue weighted by atomic mass is 10.0. The average Bonchev–Trinajstić information content (AvgIpc) is 2.55. The molecule has 0 aliphatic carbocycles. The molecule has 2 aromatic rings. The largest absolute Gasteiger partial charge is 0.481 e. The molecule has 0 aromatic heterocycles. The Morgan fingerprint density at radius 2 is 2.00 bits per heavy atom. The van der Waals surface area contributed by atoms with Crippen molar-refractivity contribution in [2.45, 2.75) is 29.1 Å². The van der Waals surface area contributed by atoms with Crippen LogP contribution < -0.4 is 0 Å². The number of nitriles is 1. The smallest absolute Gasteiger partial charge is 0.307 e. The van der Waals surface area contributed by atoms with Gasteiger partial charge in [-0.15, -0.1) is 0 Å². The molecule has 0 saturated heterocycles. The van der Waals surface area contributed by atoms with Gasteiger partial charge in [-0.2, -0.15) is 5.26 Å². The van der Waals surface area contributed by atoms with E-state index in [4.69, 9.17) is 10.4 Å². The first-order valence-corrected chi connectivity index (χ1v) is 7.89. The summed E-state index contributed by atoms with van der Waals surface area (Å²) in [5, 5.41) is 28.8. The molecule has 0 fully saturated rings. The molecular weight excluding hydrogens is 328 g/mol. The van der Waals surface area contributed by atoms with Gasteiger partial charge in [0.1, 0.15) is 0 Å². The number of non-ortho nitro benzene ring substituents is 1. The van der Waals surface area contributed by atoms with E-state index in [-0.39, 0.29) is 18.0 Å². The van der Waals surface area contributed by atoms with Gasteiger partial charge in [0, 0.05) is 21.9 Å². The predicted molar refractivity (Wildman–Crippen MR) is 89.0 cm³/mol. The van der Waals surface area contributed by atoms with E-state index in [9.17, 15) is 14.9 Å². The number of nitro groups is 1. The molecule has 0 spiro atoms. The van der Waals surface area contributed by atoms with Crippen LogP contribution in [0.3, 0.4) is 0 Å². The molecule has 6 nitrogen and oxygen atoms in total. The van der Waals surface area contributed by atoms with E-state index in [1.54, 1.807) is 6.07 Å². The number of nitro benzene ring substituents is 1. The Balaban J connectivity index is 2.29. The highest BCUT2D eigenvalue weighted by Gasteiger charge is 2.14. The Morgan fingerprint density at radius 1 is 1.33 bits per heavy atom. The molecule has 122 valence electrons. The zero-order valence-electron chi connectivity index (χ0n) is 12.8. The number of carboxylic acid groups (broad SMARTS) is 1. The van der Waals surface area contributed by atoms with E-state index >= 15 is 0 Å². The van der Waals surface area contributed by atoms with Crippen molar-refractivity contribution in [3.63, 3.8) is 0 Å². The minimum Gasteiger partial charge on any atom is -0.481 e.